The van der Waals surface area contributed by atoms with Crippen molar-refractivity contribution < 1.29 is 0 Å². The van der Waals surface area contributed by atoms with Crippen LogP contribution in [0.25, 0.3) is 0 Å². The van der Waals surface area contributed by atoms with Crippen LogP contribution in [0, 0.1) is 0 Å². The van der Waals surface area contributed by atoms with Crippen molar-refractivity contribution >= 4 is 17.3 Å². The summed E-state index contributed by atoms with van der Waals surface area (Å²) < 4.78 is 0. The van der Waals surface area contributed by atoms with E-state index in [1.54, 1.807) is 11.3 Å². The van der Waals surface area contributed by atoms with E-state index < -0.39 is 0 Å². The molecule has 174 valence electrons. The van der Waals surface area contributed by atoms with E-state index in [9.17, 15) is 0 Å². The first kappa shape index (κ1) is 23.0. The lowest BCUT2D eigenvalue weighted by Gasteiger charge is -2.50. The smallest absolute Gasteiger partial charge is 0.191 e. The Bertz CT molecular complexity index is 668. The molecule has 0 saturated carbocycles. The van der Waals surface area contributed by atoms with E-state index in [0.717, 1.165) is 32.1 Å². The third-order valence-electron chi connectivity index (χ3n) is 7.67. The molecule has 3 fully saturated rings. The second kappa shape index (κ2) is 11.1. The molecule has 0 atom stereocenters. The molecule has 6 nitrogen and oxygen atoms in total. The number of piperidine rings is 3. The van der Waals surface area contributed by atoms with E-state index in [2.05, 4.69) is 54.2 Å². The monoisotopic (exact) mass is 446 g/mol. The van der Waals surface area contributed by atoms with Crippen molar-refractivity contribution in [2.75, 3.05) is 59.9 Å². The second-order valence-electron chi connectivity index (χ2n) is 9.83. The van der Waals surface area contributed by atoms with Gasteiger partial charge in [-0.2, -0.15) is 11.3 Å². The Morgan fingerprint density at radius 1 is 1.10 bits per heavy atom. The van der Waals surface area contributed by atoms with Gasteiger partial charge in [0.15, 0.2) is 5.96 Å². The Morgan fingerprint density at radius 3 is 2.48 bits per heavy atom. The molecule has 0 spiro atoms. The van der Waals surface area contributed by atoms with Crippen molar-refractivity contribution in [2.45, 2.75) is 63.1 Å². The fourth-order valence-electron chi connectivity index (χ4n) is 5.52. The number of nitrogens with zero attached hydrogens (tertiary/aromatic N) is 4. The SMILES string of the molecule is CN=C(NCC1(N2CCCCC2)CCN(C)CC1)NC1CCN(Cc2ccsc2)CC1. The Kier molecular flexibility index (Phi) is 8.26. The second-order valence-corrected chi connectivity index (χ2v) is 10.6. The lowest BCUT2D eigenvalue weighted by atomic mass is 9.84. The highest BCUT2D eigenvalue weighted by molar-refractivity contribution is 7.07. The average Bonchev–Trinajstić information content (AvgIpc) is 3.33. The summed E-state index contributed by atoms with van der Waals surface area (Å²) >= 11 is 1.80. The molecule has 2 N–H and O–H groups in total. The van der Waals surface area contributed by atoms with E-state index in [1.165, 1.54) is 76.7 Å². The number of guanidine groups is 1. The highest BCUT2D eigenvalue weighted by Crippen LogP contribution is 2.30. The molecule has 31 heavy (non-hydrogen) atoms. The van der Waals surface area contributed by atoms with Crippen LogP contribution in [0.1, 0.15) is 50.5 Å². The maximum Gasteiger partial charge on any atom is 0.191 e. The van der Waals surface area contributed by atoms with Gasteiger partial charge in [0.2, 0.25) is 0 Å². The van der Waals surface area contributed by atoms with Crippen molar-refractivity contribution in [2.24, 2.45) is 4.99 Å². The highest BCUT2D eigenvalue weighted by Gasteiger charge is 2.39. The van der Waals surface area contributed by atoms with Gasteiger partial charge in [0, 0.05) is 44.8 Å². The minimum atomic E-state index is 0.286. The minimum Gasteiger partial charge on any atom is -0.355 e. The fraction of sp³-hybridized carbons (Fsp3) is 0.792. The van der Waals surface area contributed by atoms with Gasteiger partial charge in [0.1, 0.15) is 0 Å². The zero-order valence-corrected chi connectivity index (χ0v) is 20.4. The quantitative estimate of drug-likeness (QED) is 0.520. The van der Waals surface area contributed by atoms with Gasteiger partial charge in [0.05, 0.1) is 0 Å². The number of hydrogen-bond acceptors (Lipinski definition) is 5. The van der Waals surface area contributed by atoms with Gasteiger partial charge in [0.25, 0.3) is 0 Å². The number of hydrogen-bond donors (Lipinski definition) is 2. The topological polar surface area (TPSA) is 46.1 Å². The van der Waals surface area contributed by atoms with E-state index in [4.69, 9.17) is 0 Å². The zero-order valence-electron chi connectivity index (χ0n) is 19.6. The highest BCUT2D eigenvalue weighted by atomic mass is 32.1. The zero-order chi connectivity index (χ0) is 21.5. The van der Waals surface area contributed by atoms with Crippen LogP contribution in [0.3, 0.4) is 0 Å². The first-order valence-electron chi connectivity index (χ1n) is 12.3. The lowest BCUT2D eigenvalue weighted by molar-refractivity contribution is 0.0172. The third kappa shape index (κ3) is 6.21. The first-order valence-corrected chi connectivity index (χ1v) is 13.3. The van der Waals surface area contributed by atoms with E-state index in [-0.39, 0.29) is 5.54 Å². The third-order valence-corrected chi connectivity index (χ3v) is 8.40. The Labute approximate surface area is 193 Å². The molecule has 3 aliphatic heterocycles. The van der Waals surface area contributed by atoms with Crippen LogP contribution in [-0.2, 0) is 6.54 Å². The van der Waals surface area contributed by atoms with Gasteiger partial charge in [-0.15, -0.1) is 0 Å². The van der Waals surface area contributed by atoms with Crippen LogP contribution in [0.4, 0.5) is 0 Å². The standard InChI is InChI=1S/C24H42N6S/c1-25-23(27-22-6-13-29(14-7-22)18-21-8-17-31-19-21)26-20-24(9-15-28(2)16-10-24)30-11-4-3-5-12-30/h8,17,19,22H,3-7,9-16,18,20H2,1-2H3,(H2,25,26,27). The van der Waals surface area contributed by atoms with E-state index >= 15 is 0 Å². The molecular formula is C24H42N6S. The molecule has 0 radical (unpaired) electrons. The molecule has 3 aliphatic rings. The summed E-state index contributed by atoms with van der Waals surface area (Å²) in [6, 6.07) is 2.77. The molecular weight excluding hydrogens is 404 g/mol. The van der Waals surface area contributed by atoms with Crippen LogP contribution in [0.5, 0.6) is 0 Å². The van der Waals surface area contributed by atoms with Gasteiger partial charge in [-0.1, -0.05) is 6.42 Å². The van der Waals surface area contributed by atoms with Crippen LogP contribution < -0.4 is 10.6 Å². The summed E-state index contributed by atoms with van der Waals surface area (Å²) in [4.78, 5) is 12.5. The molecule has 3 saturated heterocycles. The summed E-state index contributed by atoms with van der Waals surface area (Å²) in [5.41, 5.74) is 1.74. The molecule has 4 heterocycles. The van der Waals surface area contributed by atoms with Crippen LogP contribution in [0.2, 0.25) is 0 Å². The molecule has 4 rings (SSSR count). The summed E-state index contributed by atoms with van der Waals surface area (Å²) in [5, 5.41) is 11.9. The van der Waals surface area contributed by atoms with Crippen molar-refractivity contribution in [3.8, 4) is 0 Å². The first-order chi connectivity index (χ1) is 15.2. The maximum absolute atomic E-state index is 4.59. The molecule has 1 aromatic rings. The van der Waals surface area contributed by atoms with E-state index in [1.807, 2.05) is 7.05 Å². The van der Waals surface area contributed by atoms with Crippen LogP contribution in [-0.4, -0.2) is 92.1 Å². The molecule has 0 bridgehead atoms. The minimum absolute atomic E-state index is 0.286. The average molecular weight is 447 g/mol. The Balaban J connectivity index is 1.27. The maximum atomic E-state index is 4.59. The van der Waals surface area contributed by atoms with Crippen molar-refractivity contribution in [3.63, 3.8) is 0 Å². The predicted octanol–water partition coefficient (Wildman–Crippen LogP) is 2.83. The Morgan fingerprint density at radius 2 is 1.84 bits per heavy atom. The van der Waals surface area contributed by atoms with Crippen molar-refractivity contribution in [3.05, 3.63) is 22.4 Å². The molecule has 0 unspecified atom stereocenters. The summed E-state index contributed by atoms with van der Waals surface area (Å²) in [5.74, 6) is 0.992. The number of thiophene rings is 1. The van der Waals surface area contributed by atoms with Gasteiger partial charge in [-0.05, 0) is 94.1 Å². The normalized spacial score (nSPS) is 24.9. The summed E-state index contributed by atoms with van der Waals surface area (Å²) in [6.45, 7) is 9.36. The molecule has 7 heteroatoms. The van der Waals surface area contributed by atoms with Gasteiger partial charge < -0.3 is 15.5 Å². The number of likely N-dealkylation sites (tertiary alicyclic amines) is 3. The van der Waals surface area contributed by atoms with Gasteiger partial charge in [-0.25, -0.2) is 0 Å². The van der Waals surface area contributed by atoms with Crippen LogP contribution in [0.15, 0.2) is 21.8 Å². The predicted molar refractivity (Wildman–Crippen MR) is 132 cm³/mol. The number of rotatable bonds is 6. The van der Waals surface area contributed by atoms with Crippen LogP contribution >= 0.6 is 11.3 Å². The molecule has 0 aliphatic carbocycles. The number of aliphatic imine (C=N–C) groups is 1. The van der Waals surface area contributed by atoms with Gasteiger partial charge >= 0.3 is 0 Å². The molecule has 1 aromatic heterocycles. The number of nitrogens with one attached hydrogen (secondary N) is 2. The lowest BCUT2D eigenvalue weighted by Crippen LogP contribution is -2.62. The molecule has 0 amide bonds. The fourth-order valence-corrected chi connectivity index (χ4v) is 6.18. The summed E-state index contributed by atoms with van der Waals surface area (Å²) in [7, 11) is 4.18. The van der Waals surface area contributed by atoms with Crippen molar-refractivity contribution in [1.29, 1.82) is 0 Å². The Hall–Kier alpha value is -1.15. The van der Waals surface area contributed by atoms with E-state index in [0.29, 0.717) is 6.04 Å². The van der Waals surface area contributed by atoms with Gasteiger partial charge in [-0.3, -0.25) is 14.8 Å². The summed E-state index contributed by atoms with van der Waals surface area (Å²) in [6.07, 6.45) is 9.00. The molecule has 0 aromatic carbocycles. The van der Waals surface area contributed by atoms with Crippen molar-refractivity contribution in [1.82, 2.24) is 25.3 Å². The largest absolute Gasteiger partial charge is 0.355 e.